The SMILES string of the molecule is COC1CN2C=C(C(=O)NCc3ccc(F)cc3F)C3OC3C(=O)C2=C(O)C1(C)COCCP(=O)(OCOC(=O)OC(C)C)OCOC(=O)OC(C)C. The van der Waals surface area contributed by atoms with Crippen molar-refractivity contribution in [2.75, 3.05) is 46.6 Å². The topological polar surface area (TPSA) is 207 Å². The molecule has 1 saturated heterocycles. The Kier molecular flexibility index (Phi) is 14.0. The molecule has 1 aromatic carbocycles. The second kappa shape index (κ2) is 17.8. The van der Waals surface area contributed by atoms with Crippen LogP contribution in [0.1, 0.15) is 40.2 Å². The van der Waals surface area contributed by atoms with Gasteiger partial charge in [0.2, 0.25) is 19.4 Å². The van der Waals surface area contributed by atoms with Gasteiger partial charge in [-0.05, 0) is 40.7 Å². The summed E-state index contributed by atoms with van der Waals surface area (Å²) in [5, 5.41) is 14.1. The maximum absolute atomic E-state index is 14.1. The van der Waals surface area contributed by atoms with Crippen LogP contribution in [0.5, 0.6) is 0 Å². The van der Waals surface area contributed by atoms with Crippen LogP contribution in [0.2, 0.25) is 0 Å². The Morgan fingerprint density at radius 1 is 1.06 bits per heavy atom. The van der Waals surface area contributed by atoms with Crippen LogP contribution in [-0.4, -0.2) is 111 Å². The Balaban J connectivity index is 1.44. The van der Waals surface area contributed by atoms with Crippen molar-refractivity contribution >= 4 is 31.6 Å². The van der Waals surface area contributed by atoms with Gasteiger partial charge in [0.15, 0.2) is 6.10 Å². The summed E-state index contributed by atoms with van der Waals surface area (Å²) in [5.41, 5.74) is -1.43. The lowest BCUT2D eigenvalue weighted by atomic mass is 9.78. The van der Waals surface area contributed by atoms with Crippen molar-refractivity contribution in [1.82, 2.24) is 10.2 Å². The van der Waals surface area contributed by atoms with Crippen molar-refractivity contribution in [3.05, 3.63) is 58.6 Å². The van der Waals surface area contributed by atoms with Gasteiger partial charge < -0.3 is 48.5 Å². The Labute approximate surface area is 303 Å². The Morgan fingerprint density at radius 3 is 2.25 bits per heavy atom. The monoisotopic (exact) mass is 776 g/mol. The average Bonchev–Trinajstić information content (AvgIpc) is 3.87. The number of Topliss-reactive ketones (excluding diaryl/α,β-unsaturated/α-hetero) is 1. The number of nitrogens with one attached hydrogen (secondary N) is 1. The molecule has 3 aliphatic heterocycles. The first-order valence-electron chi connectivity index (χ1n) is 16.5. The van der Waals surface area contributed by atoms with Crippen LogP contribution in [0.3, 0.4) is 0 Å². The van der Waals surface area contributed by atoms with Crippen LogP contribution in [0.25, 0.3) is 0 Å². The molecule has 17 nitrogen and oxygen atoms in total. The first kappa shape index (κ1) is 41.6. The summed E-state index contributed by atoms with van der Waals surface area (Å²) >= 11 is 0. The highest BCUT2D eigenvalue weighted by Gasteiger charge is 2.57. The summed E-state index contributed by atoms with van der Waals surface area (Å²) in [6.45, 7) is 5.35. The third-order valence-corrected chi connectivity index (χ3v) is 9.87. The van der Waals surface area contributed by atoms with Gasteiger partial charge in [0.1, 0.15) is 29.2 Å². The molecule has 0 bridgehead atoms. The van der Waals surface area contributed by atoms with Gasteiger partial charge in [-0.25, -0.2) is 18.4 Å². The number of hydrogen-bond donors (Lipinski definition) is 2. The molecule has 2 N–H and O–H groups in total. The van der Waals surface area contributed by atoms with Crippen LogP contribution >= 0.6 is 7.60 Å². The van der Waals surface area contributed by atoms with Gasteiger partial charge in [-0.2, -0.15) is 0 Å². The van der Waals surface area contributed by atoms with E-state index in [4.69, 9.17) is 42.2 Å². The number of epoxide rings is 1. The highest BCUT2D eigenvalue weighted by molar-refractivity contribution is 7.53. The summed E-state index contributed by atoms with van der Waals surface area (Å²) in [5.74, 6) is -3.31. The van der Waals surface area contributed by atoms with Crippen LogP contribution in [0.15, 0.2) is 41.4 Å². The number of ether oxygens (including phenoxy) is 7. The van der Waals surface area contributed by atoms with E-state index in [-0.39, 0.29) is 43.1 Å². The zero-order valence-corrected chi connectivity index (χ0v) is 30.9. The Bertz CT molecular complexity index is 1620. The molecule has 4 rings (SSSR count). The smallest absolute Gasteiger partial charge is 0.509 e. The molecule has 53 heavy (non-hydrogen) atoms. The second-order valence-electron chi connectivity index (χ2n) is 12.8. The first-order chi connectivity index (χ1) is 25.0. The van der Waals surface area contributed by atoms with E-state index in [1.54, 1.807) is 34.6 Å². The van der Waals surface area contributed by atoms with Crippen molar-refractivity contribution in [3.8, 4) is 0 Å². The van der Waals surface area contributed by atoms with Crippen LogP contribution in [-0.2, 0) is 62.9 Å². The normalized spacial score (nSPS) is 22.5. The number of fused-ring (bicyclic) bond motifs is 2. The van der Waals surface area contributed by atoms with E-state index in [9.17, 15) is 37.6 Å². The van der Waals surface area contributed by atoms with Gasteiger partial charge in [-0.15, -0.1) is 0 Å². The molecule has 4 unspecified atom stereocenters. The van der Waals surface area contributed by atoms with Crippen LogP contribution in [0, 0.1) is 17.0 Å². The van der Waals surface area contributed by atoms with Crippen molar-refractivity contribution in [1.29, 1.82) is 0 Å². The number of carbonyl (C=O) groups excluding carboxylic acids is 4. The molecule has 1 aromatic rings. The van der Waals surface area contributed by atoms with Gasteiger partial charge >= 0.3 is 19.9 Å². The first-order valence-corrected chi connectivity index (χ1v) is 18.2. The Morgan fingerprint density at radius 2 is 1.68 bits per heavy atom. The molecule has 0 aromatic heterocycles. The number of hydrogen-bond acceptors (Lipinski definition) is 16. The lowest BCUT2D eigenvalue weighted by molar-refractivity contribution is -0.121. The number of aliphatic hydroxyl groups excluding tert-OH is 1. The number of aliphatic hydroxyl groups is 1. The van der Waals surface area contributed by atoms with Crippen molar-refractivity contribution in [2.45, 2.75) is 71.7 Å². The van der Waals surface area contributed by atoms with Gasteiger partial charge in [0.25, 0.3) is 5.91 Å². The molecule has 0 radical (unpaired) electrons. The standard InChI is InChI=1S/C33H43F2N2O15P/c1-18(2)50-31(41)46-16-48-53(43,49-17-47-32(42)51-19(3)4)10-9-45-15-33(5)24(44-6)14-37-13-22(27-28(52-27)26(38)25(37)29(33)39)30(40)36-12-20-7-8-21(34)11-23(20)35/h7-8,11,13,18-19,24,27-28,39H,9-10,12,14-17H2,1-6H3,(H,36,40). The number of rotatable bonds is 17. The molecule has 0 aliphatic carbocycles. The van der Waals surface area contributed by atoms with Gasteiger partial charge in [-0.3, -0.25) is 23.2 Å². The van der Waals surface area contributed by atoms with E-state index in [1.165, 1.54) is 24.3 Å². The van der Waals surface area contributed by atoms with E-state index < -0.39 is 105 Å². The van der Waals surface area contributed by atoms with E-state index >= 15 is 0 Å². The molecule has 3 aliphatic rings. The molecule has 0 spiro atoms. The minimum atomic E-state index is -4.18. The molecule has 4 atom stereocenters. The second-order valence-corrected chi connectivity index (χ2v) is 15.0. The lowest BCUT2D eigenvalue weighted by Crippen LogP contribution is -2.52. The van der Waals surface area contributed by atoms with Crippen LogP contribution < -0.4 is 5.32 Å². The van der Waals surface area contributed by atoms with Crippen molar-refractivity contribution in [2.24, 2.45) is 5.41 Å². The number of amides is 1. The fourth-order valence-electron chi connectivity index (χ4n) is 5.35. The number of ketones is 1. The van der Waals surface area contributed by atoms with Crippen LogP contribution in [0.4, 0.5) is 18.4 Å². The minimum absolute atomic E-state index is 0.0251. The Hall–Kier alpha value is -4.13. The van der Waals surface area contributed by atoms with E-state index in [1.807, 2.05) is 0 Å². The molecule has 1 amide bonds. The predicted molar refractivity (Wildman–Crippen MR) is 176 cm³/mol. The summed E-state index contributed by atoms with van der Waals surface area (Å²) in [6, 6.07) is 2.95. The fraction of sp³-hybridized carbons (Fsp3) is 0.576. The lowest BCUT2D eigenvalue weighted by Gasteiger charge is -2.44. The molecule has 0 saturated carbocycles. The zero-order chi connectivity index (χ0) is 39.1. The average molecular weight is 777 g/mol. The highest BCUT2D eigenvalue weighted by Crippen LogP contribution is 2.49. The maximum atomic E-state index is 14.1. The highest BCUT2D eigenvalue weighted by atomic mass is 31.2. The zero-order valence-electron chi connectivity index (χ0n) is 30.0. The van der Waals surface area contributed by atoms with Gasteiger partial charge in [0.05, 0.1) is 55.2 Å². The van der Waals surface area contributed by atoms with E-state index in [0.717, 1.165) is 6.07 Å². The molecule has 20 heteroatoms. The summed E-state index contributed by atoms with van der Waals surface area (Å²) in [6.07, 6.45) is -5.11. The molecular weight excluding hydrogens is 733 g/mol. The quantitative estimate of drug-likeness (QED) is 0.0747. The third-order valence-electron chi connectivity index (χ3n) is 8.14. The molecular formula is C33H43F2N2O15P. The number of nitrogens with zero attached hydrogens (tertiary/aromatic N) is 1. The maximum Gasteiger partial charge on any atom is 0.510 e. The number of halogens is 2. The van der Waals surface area contributed by atoms with E-state index in [0.29, 0.717) is 6.07 Å². The number of methoxy groups -OCH3 is 1. The van der Waals surface area contributed by atoms with Crippen molar-refractivity contribution in [3.63, 3.8) is 0 Å². The molecule has 1 fully saturated rings. The van der Waals surface area contributed by atoms with Gasteiger partial charge in [-0.1, -0.05) is 6.07 Å². The summed E-state index contributed by atoms with van der Waals surface area (Å²) in [7, 11) is -2.80. The van der Waals surface area contributed by atoms with Crippen molar-refractivity contribution < 1.29 is 79.8 Å². The molecule has 294 valence electrons. The predicted octanol–water partition coefficient (Wildman–Crippen LogP) is 4.20. The molecule has 3 heterocycles. The largest absolute Gasteiger partial charge is 0.510 e. The summed E-state index contributed by atoms with van der Waals surface area (Å²) < 4.78 is 87.5. The summed E-state index contributed by atoms with van der Waals surface area (Å²) in [4.78, 5) is 51.6. The third kappa shape index (κ3) is 10.7. The van der Waals surface area contributed by atoms with Gasteiger partial charge in [0, 0.05) is 31.5 Å². The number of benzene rings is 1. The fourth-order valence-corrected chi connectivity index (χ4v) is 6.46. The number of carbonyl (C=O) groups is 4. The van der Waals surface area contributed by atoms with E-state index in [2.05, 4.69) is 5.32 Å². The minimum Gasteiger partial charge on any atom is -0.509 e.